The summed E-state index contributed by atoms with van der Waals surface area (Å²) in [6.07, 6.45) is 0. The normalized spacial score (nSPS) is 16.0. The lowest BCUT2D eigenvalue weighted by atomic mass is 9.96. The molecule has 5 heteroatoms. The zero-order valence-electron chi connectivity index (χ0n) is 20.2. The molecule has 0 saturated carbocycles. The number of hydrogen-bond acceptors (Lipinski definition) is 4. The predicted octanol–water partition coefficient (Wildman–Crippen LogP) is 6.22. The van der Waals surface area contributed by atoms with Gasteiger partial charge in [-0.15, -0.1) is 0 Å². The highest BCUT2D eigenvalue weighted by molar-refractivity contribution is 7.99. The molecule has 0 bridgehead atoms. The van der Waals surface area contributed by atoms with Crippen molar-refractivity contribution >= 4 is 29.0 Å². The number of carbonyl (C=O) groups is 1. The minimum Gasteiger partial charge on any atom is -0.292 e. The first-order chi connectivity index (χ1) is 17.8. The van der Waals surface area contributed by atoms with Crippen LogP contribution in [0.2, 0.25) is 0 Å². The third-order valence-electron chi connectivity index (χ3n) is 7.04. The molecule has 1 fully saturated rings. The van der Waals surface area contributed by atoms with E-state index in [1.54, 1.807) is 11.8 Å². The number of para-hydroxylation sites is 2. The van der Waals surface area contributed by atoms with Crippen molar-refractivity contribution in [2.75, 3.05) is 37.6 Å². The number of piperazine rings is 1. The fourth-order valence-electron chi connectivity index (χ4n) is 5.30. The van der Waals surface area contributed by atoms with Crippen LogP contribution in [0.15, 0.2) is 119 Å². The molecule has 4 aromatic carbocycles. The summed E-state index contributed by atoms with van der Waals surface area (Å²) in [6, 6.07) is 38.1. The smallest absolute Gasteiger partial charge is 0.245 e. The molecule has 2 aliphatic heterocycles. The van der Waals surface area contributed by atoms with Gasteiger partial charge in [-0.3, -0.25) is 19.5 Å². The Morgan fingerprint density at radius 1 is 0.639 bits per heavy atom. The summed E-state index contributed by atoms with van der Waals surface area (Å²) in [5, 5.41) is 0. The minimum atomic E-state index is 0.131. The molecule has 1 amide bonds. The van der Waals surface area contributed by atoms with Gasteiger partial charge in [0.1, 0.15) is 0 Å². The molecule has 4 aromatic rings. The predicted molar refractivity (Wildman–Crippen MR) is 147 cm³/mol. The summed E-state index contributed by atoms with van der Waals surface area (Å²) < 4.78 is 0. The van der Waals surface area contributed by atoms with Crippen LogP contribution >= 0.6 is 11.8 Å². The molecule has 4 nitrogen and oxygen atoms in total. The van der Waals surface area contributed by atoms with Gasteiger partial charge in [0.2, 0.25) is 5.91 Å². The summed E-state index contributed by atoms with van der Waals surface area (Å²) in [6.45, 7) is 4.00. The van der Waals surface area contributed by atoms with Crippen LogP contribution in [0.4, 0.5) is 11.4 Å². The Labute approximate surface area is 217 Å². The highest BCUT2D eigenvalue weighted by Crippen LogP contribution is 2.47. The Bertz CT molecular complexity index is 1250. The van der Waals surface area contributed by atoms with Crippen LogP contribution in [0.3, 0.4) is 0 Å². The number of nitrogens with zero attached hydrogens (tertiary/aromatic N) is 3. The second-order valence-electron chi connectivity index (χ2n) is 9.30. The van der Waals surface area contributed by atoms with E-state index >= 15 is 0 Å². The molecular weight excluding hydrogens is 462 g/mol. The molecule has 2 aliphatic rings. The lowest BCUT2D eigenvalue weighted by Gasteiger charge is -2.40. The topological polar surface area (TPSA) is 26.8 Å². The third-order valence-corrected chi connectivity index (χ3v) is 8.17. The van der Waals surface area contributed by atoms with Gasteiger partial charge in [0.15, 0.2) is 0 Å². The number of fused-ring (bicyclic) bond motifs is 2. The summed E-state index contributed by atoms with van der Waals surface area (Å²) in [5.74, 6) is 0.131. The fourth-order valence-corrected chi connectivity index (χ4v) is 6.36. The first kappa shape index (κ1) is 23.0. The first-order valence-electron chi connectivity index (χ1n) is 12.5. The van der Waals surface area contributed by atoms with Crippen molar-refractivity contribution in [2.24, 2.45) is 0 Å². The van der Waals surface area contributed by atoms with Gasteiger partial charge in [-0.05, 0) is 35.4 Å². The maximum Gasteiger partial charge on any atom is 0.245 e. The molecule has 0 aliphatic carbocycles. The standard InChI is InChI=1S/C31H29N3OS/c35-30(34-26-15-7-9-17-28(26)36-29-18-10-8-16-27(29)34)23-32-19-21-33(22-20-32)31(24-11-3-1-4-12-24)25-13-5-2-6-14-25/h1-18,31H,19-23H2. The average Bonchev–Trinajstić information content (AvgIpc) is 2.94. The van der Waals surface area contributed by atoms with Crippen LogP contribution in [-0.2, 0) is 4.79 Å². The number of rotatable bonds is 5. The van der Waals surface area contributed by atoms with E-state index in [1.807, 2.05) is 29.2 Å². The highest BCUT2D eigenvalue weighted by atomic mass is 32.2. The van der Waals surface area contributed by atoms with Crippen molar-refractivity contribution in [2.45, 2.75) is 15.8 Å². The molecule has 0 unspecified atom stereocenters. The van der Waals surface area contributed by atoms with Gasteiger partial charge in [0.25, 0.3) is 0 Å². The van der Waals surface area contributed by atoms with Crippen LogP contribution in [0.5, 0.6) is 0 Å². The van der Waals surface area contributed by atoms with E-state index in [2.05, 4.69) is 94.7 Å². The zero-order valence-corrected chi connectivity index (χ0v) is 21.0. The molecular formula is C31H29N3OS. The Kier molecular flexibility index (Phi) is 6.60. The quantitative estimate of drug-likeness (QED) is 0.331. The van der Waals surface area contributed by atoms with Gasteiger partial charge >= 0.3 is 0 Å². The second kappa shape index (κ2) is 10.3. The van der Waals surface area contributed by atoms with Crippen molar-refractivity contribution in [1.82, 2.24) is 9.80 Å². The Balaban J connectivity index is 1.18. The van der Waals surface area contributed by atoms with Gasteiger partial charge in [0, 0.05) is 36.0 Å². The van der Waals surface area contributed by atoms with Crippen molar-refractivity contribution in [3.63, 3.8) is 0 Å². The van der Waals surface area contributed by atoms with Crippen LogP contribution in [0, 0.1) is 0 Å². The fraction of sp³-hybridized carbons (Fsp3) is 0.194. The van der Waals surface area contributed by atoms with Gasteiger partial charge in [-0.1, -0.05) is 96.7 Å². The largest absolute Gasteiger partial charge is 0.292 e. The van der Waals surface area contributed by atoms with Gasteiger partial charge in [-0.25, -0.2) is 0 Å². The maximum absolute atomic E-state index is 13.7. The van der Waals surface area contributed by atoms with Crippen LogP contribution in [-0.4, -0.2) is 48.4 Å². The summed E-state index contributed by atoms with van der Waals surface area (Å²) >= 11 is 1.73. The van der Waals surface area contributed by atoms with Crippen LogP contribution in [0.1, 0.15) is 17.2 Å². The SMILES string of the molecule is O=C(CN1CCN(C(c2ccccc2)c2ccccc2)CC1)N1c2ccccc2Sc2ccccc21. The average molecular weight is 492 g/mol. The Hall–Kier alpha value is -3.38. The number of benzene rings is 4. The first-order valence-corrected chi connectivity index (χ1v) is 13.3. The molecule has 0 aromatic heterocycles. The van der Waals surface area contributed by atoms with Crippen molar-refractivity contribution in [3.8, 4) is 0 Å². The number of hydrogen-bond donors (Lipinski definition) is 0. The van der Waals surface area contributed by atoms with Crippen molar-refractivity contribution < 1.29 is 4.79 Å². The van der Waals surface area contributed by atoms with E-state index in [4.69, 9.17) is 0 Å². The molecule has 0 N–H and O–H groups in total. The molecule has 0 radical (unpaired) electrons. The summed E-state index contributed by atoms with van der Waals surface area (Å²) in [4.78, 5) is 22.7. The van der Waals surface area contributed by atoms with Gasteiger partial charge in [0.05, 0.1) is 24.0 Å². The molecule has 36 heavy (non-hydrogen) atoms. The van der Waals surface area contributed by atoms with E-state index in [0.717, 1.165) is 47.3 Å². The van der Waals surface area contributed by atoms with Crippen LogP contribution < -0.4 is 4.90 Å². The van der Waals surface area contributed by atoms with E-state index in [1.165, 1.54) is 11.1 Å². The number of amides is 1. The van der Waals surface area contributed by atoms with Crippen LogP contribution in [0.25, 0.3) is 0 Å². The van der Waals surface area contributed by atoms with Gasteiger partial charge in [-0.2, -0.15) is 0 Å². The number of carbonyl (C=O) groups excluding carboxylic acids is 1. The Morgan fingerprint density at radius 2 is 1.11 bits per heavy atom. The second-order valence-corrected chi connectivity index (χ2v) is 10.4. The van der Waals surface area contributed by atoms with E-state index in [0.29, 0.717) is 6.54 Å². The van der Waals surface area contributed by atoms with Gasteiger partial charge < -0.3 is 0 Å². The highest BCUT2D eigenvalue weighted by Gasteiger charge is 2.31. The van der Waals surface area contributed by atoms with E-state index in [-0.39, 0.29) is 11.9 Å². The van der Waals surface area contributed by atoms with Crippen molar-refractivity contribution in [1.29, 1.82) is 0 Å². The van der Waals surface area contributed by atoms with Crippen molar-refractivity contribution in [3.05, 3.63) is 120 Å². The lowest BCUT2D eigenvalue weighted by molar-refractivity contribution is -0.119. The lowest BCUT2D eigenvalue weighted by Crippen LogP contribution is -2.50. The maximum atomic E-state index is 13.7. The Morgan fingerprint density at radius 3 is 1.64 bits per heavy atom. The summed E-state index contributed by atoms with van der Waals surface area (Å²) in [7, 11) is 0. The summed E-state index contributed by atoms with van der Waals surface area (Å²) in [5.41, 5.74) is 4.59. The van der Waals surface area contributed by atoms with E-state index < -0.39 is 0 Å². The molecule has 6 rings (SSSR count). The molecule has 1 saturated heterocycles. The molecule has 0 atom stereocenters. The minimum absolute atomic E-state index is 0.131. The monoisotopic (exact) mass is 491 g/mol. The molecule has 2 heterocycles. The zero-order chi connectivity index (χ0) is 24.3. The van der Waals surface area contributed by atoms with E-state index in [9.17, 15) is 4.79 Å². The third kappa shape index (κ3) is 4.58. The number of anilines is 2. The molecule has 0 spiro atoms. The molecule has 180 valence electrons.